The van der Waals surface area contributed by atoms with Gasteiger partial charge in [-0.3, -0.25) is 9.59 Å². The van der Waals surface area contributed by atoms with E-state index in [4.69, 9.17) is 16.3 Å². The number of hydrogen-bond donors (Lipinski definition) is 1. The third kappa shape index (κ3) is 5.67. The van der Waals surface area contributed by atoms with Crippen LogP contribution in [0.2, 0.25) is 5.15 Å². The molecule has 0 radical (unpaired) electrons. The van der Waals surface area contributed by atoms with Crippen molar-refractivity contribution >= 4 is 41.0 Å². The first-order valence-corrected chi connectivity index (χ1v) is 9.89. The number of ether oxygens (including phenoxy) is 1. The molecule has 0 aliphatic carbocycles. The normalized spacial score (nSPS) is 10.9. The number of aryl methyl sites for hydroxylation is 1. The van der Waals surface area contributed by atoms with Crippen molar-refractivity contribution < 1.29 is 23.5 Å². The number of amides is 1. The molecule has 0 saturated heterocycles. The minimum absolute atomic E-state index is 0.219. The molecule has 3 aromatic rings. The zero-order valence-electron chi connectivity index (χ0n) is 17.3. The Labute approximate surface area is 188 Å². The SMILES string of the molecule is CC(=O)Nc1ccc(C(=O)COC(=O)/C=C/c2c(C)nn(-c3ccc(F)cc3)c2Cl)cc1. The summed E-state index contributed by atoms with van der Waals surface area (Å²) in [6.07, 6.45) is 2.60. The van der Waals surface area contributed by atoms with Gasteiger partial charge in [0.15, 0.2) is 12.4 Å². The summed E-state index contributed by atoms with van der Waals surface area (Å²) in [4.78, 5) is 35.3. The van der Waals surface area contributed by atoms with Gasteiger partial charge in [0.2, 0.25) is 5.91 Å². The fraction of sp³-hybridized carbons (Fsp3) is 0.130. The maximum Gasteiger partial charge on any atom is 0.331 e. The van der Waals surface area contributed by atoms with E-state index in [0.717, 1.165) is 6.08 Å². The van der Waals surface area contributed by atoms with E-state index in [0.29, 0.717) is 28.2 Å². The van der Waals surface area contributed by atoms with Crippen LogP contribution in [0.5, 0.6) is 0 Å². The van der Waals surface area contributed by atoms with Gasteiger partial charge in [-0.1, -0.05) is 11.6 Å². The number of benzene rings is 2. The van der Waals surface area contributed by atoms with Crippen LogP contribution >= 0.6 is 11.6 Å². The van der Waals surface area contributed by atoms with E-state index >= 15 is 0 Å². The molecule has 0 fully saturated rings. The second kappa shape index (κ2) is 10.0. The van der Waals surface area contributed by atoms with E-state index in [1.165, 1.54) is 54.1 Å². The number of carbonyl (C=O) groups excluding carboxylic acids is 3. The lowest BCUT2D eigenvalue weighted by atomic mass is 10.1. The first-order chi connectivity index (χ1) is 15.2. The molecule has 9 heteroatoms. The highest BCUT2D eigenvalue weighted by molar-refractivity contribution is 6.31. The van der Waals surface area contributed by atoms with Gasteiger partial charge in [-0.15, -0.1) is 0 Å². The maximum atomic E-state index is 13.1. The Balaban J connectivity index is 1.61. The summed E-state index contributed by atoms with van der Waals surface area (Å²) >= 11 is 6.36. The Bertz CT molecular complexity index is 1190. The Kier molecular flexibility index (Phi) is 7.17. The zero-order chi connectivity index (χ0) is 23.3. The Morgan fingerprint density at radius 1 is 1.12 bits per heavy atom. The maximum absolute atomic E-state index is 13.1. The number of ketones is 1. The van der Waals surface area contributed by atoms with Crippen LogP contribution in [0.3, 0.4) is 0 Å². The Morgan fingerprint density at radius 3 is 2.41 bits per heavy atom. The van der Waals surface area contributed by atoms with Crippen molar-refractivity contribution in [2.45, 2.75) is 13.8 Å². The van der Waals surface area contributed by atoms with Crippen LogP contribution in [-0.4, -0.2) is 34.0 Å². The van der Waals surface area contributed by atoms with Crippen molar-refractivity contribution in [3.63, 3.8) is 0 Å². The molecule has 2 aromatic carbocycles. The monoisotopic (exact) mass is 455 g/mol. The van der Waals surface area contributed by atoms with Crippen LogP contribution < -0.4 is 5.32 Å². The summed E-state index contributed by atoms with van der Waals surface area (Å²) in [5.74, 6) is -1.71. The third-order valence-corrected chi connectivity index (χ3v) is 4.74. The smallest absolute Gasteiger partial charge is 0.331 e. The molecule has 0 unspecified atom stereocenters. The number of nitrogens with zero attached hydrogens (tertiary/aromatic N) is 2. The Morgan fingerprint density at radius 2 is 1.78 bits per heavy atom. The van der Waals surface area contributed by atoms with Crippen LogP contribution in [0.25, 0.3) is 11.8 Å². The molecule has 7 nitrogen and oxygen atoms in total. The van der Waals surface area contributed by atoms with Gasteiger partial charge >= 0.3 is 5.97 Å². The van der Waals surface area contributed by atoms with Gasteiger partial charge in [0.1, 0.15) is 11.0 Å². The molecule has 1 N–H and O–H groups in total. The molecule has 0 bridgehead atoms. The summed E-state index contributed by atoms with van der Waals surface area (Å²) in [5.41, 5.74) is 2.51. The predicted molar refractivity (Wildman–Crippen MR) is 118 cm³/mol. The van der Waals surface area contributed by atoms with E-state index in [9.17, 15) is 18.8 Å². The van der Waals surface area contributed by atoms with E-state index in [-0.39, 0.29) is 22.7 Å². The average molecular weight is 456 g/mol. The van der Waals surface area contributed by atoms with Crippen molar-refractivity contribution in [1.82, 2.24) is 9.78 Å². The molecule has 1 heterocycles. The van der Waals surface area contributed by atoms with E-state index in [1.807, 2.05) is 0 Å². The van der Waals surface area contributed by atoms with Crippen molar-refractivity contribution in [3.05, 3.63) is 82.4 Å². The van der Waals surface area contributed by atoms with Crippen LogP contribution in [0.1, 0.15) is 28.5 Å². The first kappa shape index (κ1) is 22.9. The van der Waals surface area contributed by atoms with E-state index in [1.54, 1.807) is 19.1 Å². The minimum atomic E-state index is -0.724. The highest BCUT2D eigenvalue weighted by Crippen LogP contribution is 2.25. The predicted octanol–water partition coefficient (Wildman–Crippen LogP) is 4.37. The van der Waals surface area contributed by atoms with E-state index in [2.05, 4.69) is 10.4 Å². The number of carbonyl (C=O) groups is 3. The number of anilines is 1. The molecule has 0 aliphatic heterocycles. The van der Waals surface area contributed by atoms with Gasteiger partial charge < -0.3 is 10.1 Å². The molecular weight excluding hydrogens is 437 g/mol. The Hall–Kier alpha value is -3.78. The largest absolute Gasteiger partial charge is 0.454 e. The molecule has 0 saturated carbocycles. The molecule has 3 rings (SSSR count). The molecular formula is C23H19ClFN3O4. The number of halogens is 2. The zero-order valence-corrected chi connectivity index (χ0v) is 18.0. The number of hydrogen-bond acceptors (Lipinski definition) is 5. The molecule has 1 amide bonds. The summed E-state index contributed by atoms with van der Waals surface area (Å²) in [7, 11) is 0. The average Bonchev–Trinajstić information content (AvgIpc) is 3.04. The van der Waals surface area contributed by atoms with Crippen LogP contribution in [-0.2, 0) is 14.3 Å². The molecule has 0 atom stereocenters. The van der Waals surface area contributed by atoms with Crippen molar-refractivity contribution in [3.8, 4) is 5.69 Å². The summed E-state index contributed by atoms with van der Waals surface area (Å²) in [5, 5.41) is 7.15. The van der Waals surface area contributed by atoms with Crippen molar-refractivity contribution in [1.29, 1.82) is 0 Å². The van der Waals surface area contributed by atoms with Gasteiger partial charge in [-0.25, -0.2) is 13.9 Å². The van der Waals surface area contributed by atoms with Crippen molar-refractivity contribution in [2.75, 3.05) is 11.9 Å². The van der Waals surface area contributed by atoms with Crippen LogP contribution in [0.15, 0.2) is 54.6 Å². The summed E-state index contributed by atoms with van der Waals surface area (Å²) in [6, 6.07) is 11.9. The highest BCUT2D eigenvalue weighted by Gasteiger charge is 2.14. The van der Waals surface area contributed by atoms with Crippen molar-refractivity contribution in [2.24, 2.45) is 0 Å². The molecule has 1 aromatic heterocycles. The van der Waals surface area contributed by atoms with Gasteiger partial charge in [0.05, 0.1) is 11.4 Å². The fourth-order valence-electron chi connectivity index (χ4n) is 2.82. The second-order valence-electron chi connectivity index (χ2n) is 6.80. The van der Waals surface area contributed by atoms with Gasteiger partial charge in [-0.05, 0) is 61.5 Å². The quantitative estimate of drug-likeness (QED) is 0.324. The number of rotatable bonds is 7. The standard InChI is InChI=1S/C23H19ClFN3O4/c1-14-20(23(24)28(27-14)19-9-5-17(25)6-10-19)11-12-22(31)32-13-21(30)16-3-7-18(8-4-16)26-15(2)29/h3-12H,13H2,1-2H3,(H,26,29)/b12-11+. The summed E-state index contributed by atoms with van der Waals surface area (Å²) < 4.78 is 19.6. The number of Topliss-reactive ketones (excluding diaryl/α,β-unsaturated/α-hetero) is 1. The molecule has 0 aliphatic rings. The lowest BCUT2D eigenvalue weighted by Gasteiger charge is -2.04. The third-order valence-electron chi connectivity index (χ3n) is 4.38. The lowest BCUT2D eigenvalue weighted by Crippen LogP contribution is -2.13. The molecule has 164 valence electrons. The molecule has 0 spiro atoms. The second-order valence-corrected chi connectivity index (χ2v) is 7.16. The van der Waals surface area contributed by atoms with E-state index < -0.39 is 12.6 Å². The van der Waals surface area contributed by atoms with Crippen LogP contribution in [0.4, 0.5) is 10.1 Å². The number of aromatic nitrogens is 2. The minimum Gasteiger partial charge on any atom is -0.454 e. The molecule has 32 heavy (non-hydrogen) atoms. The highest BCUT2D eigenvalue weighted by atomic mass is 35.5. The van der Waals surface area contributed by atoms with Gasteiger partial charge in [-0.2, -0.15) is 5.10 Å². The topological polar surface area (TPSA) is 90.3 Å². The summed E-state index contributed by atoms with van der Waals surface area (Å²) in [6.45, 7) is 2.66. The lowest BCUT2D eigenvalue weighted by molar-refractivity contribution is -0.136. The fourth-order valence-corrected chi connectivity index (χ4v) is 3.15. The van der Waals surface area contributed by atoms with Gasteiger partial charge in [0, 0.05) is 29.8 Å². The van der Waals surface area contributed by atoms with Crippen LogP contribution in [0, 0.1) is 12.7 Å². The number of esters is 1. The van der Waals surface area contributed by atoms with Gasteiger partial charge in [0.25, 0.3) is 0 Å². The number of nitrogens with one attached hydrogen (secondary N) is 1. The first-order valence-electron chi connectivity index (χ1n) is 9.51.